The van der Waals surface area contributed by atoms with Crippen LogP contribution in [0.5, 0.6) is 0 Å². The van der Waals surface area contributed by atoms with Gasteiger partial charge < -0.3 is 10.1 Å². The summed E-state index contributed by atoms with van der Waals surface area (Å²) in [5.74, 6) is 0. The summed E-state index contributed by atoms with van der Waals surface area (Å²) in [6, 6.07) is 2.12. The number of nitrogens with zero attached hydrogens (tertiary/aromatic N) is 3. The van der Waals surface area contributed by atoms with Crippen molar-refractivity contribution in [3.63, 3.8) is 0 Å². The van der Waals surface area contributed by atoms with E-state index in [9.17, 15) is 0 Å². The van der Waals surface area contributed by atoms with E-state index in [1.165, 1.54) is 12.8 Å². The summed E-state index contributed by atoms with van der Waals surface area (Å²) in [4.78, 5) is 2.58. The number of hydrogen-bond acceptors (Lipinski definition) is 4. The van der Waals surface area contributed by atoms with Gasteiger partial charge in [0.05, 0.1) is 18.9 Å². The first kappa shape index (κ1) is 12.1. The Hall–Kier alpha value is -0.910. The van der Waals surface area contributed by atoms with Crippen molar-refractivity contribution in [2.45, 2.75) is 24.9 Å². The van der Waals surface area contributed by atoms with Crippen LogP contribution < -0.4 is 5.32 Å². The summed E-state index contributed by atoms with van der Waals surface area (Å²) in [7, 11) is 1.98. The molecular weight excluding hydrogens is 228 g/mol. The van der Waals surface area contributed by atoms with Crippen molar-refractivity contribution in [2.75, 3.05) is 32.8 Å². The van der Waals surface area contributed by atoms with Crippen LogP contribution in [-0.4, -0.2) is 53.1 Å². The third kappa shape index (κ3) is 2.30. The van der Waals surface area contributed by atoms with Gasteiger partial charge in [0.2, 0.25) is 0 Å². The van der Waals surface area contributed by atoms with Crippen LogP contribution in [0.4, 0.5) is 0 Å². The second kappa shape index (κ2) is 4.99. The van der Waals surface area contributed by atoms with E-state index in [-0.39, 0.29) is 5.54 Å². The Balaban J connectivity index is 1.75. The first-order valence-corrected chi connectivity index (χ1v) is 6.81. The van der Waals surface area contributed by atoms with E-state index in [1.54, 1.807) is 0 Å². The highest BCUT2D eigenvalue weighted by Crippen LogP contribution is 2.30. The van der Waals surface area contributed by atoms with E-state index in [2.05, 4.69) is 21.4 Å². The van der Waals surface area contributed by atoms with Gasteiger partial charge in [0.25, 0.3) is 0 Å². The third-order valence-electron chi connectivity index (χ3n) is 4.20. The zero-order valence-electron chi connectivity index (χ0n) is 11.1. The molecule has 2 fully saturated rings. The predicted octanol–water partition coefficient (Wildman–Crippen LogP) is 0.374. The van der Waals surface area contributed by atoms with Crippen molar-refractivity contribution in [3.8, 4) is 0 Å². The molecule has 0 saturated carbocycles. The van der Waals surface area contributed by atoms with Crippen LogP contribution in [0.15, 0.2) is 12.3 Å². The van der Waals surface area contributed by atoms with E-state index < -0.39 is 0 Å². The second-order valence-corrected chi connectivity index (χ2v) is 5.43. The smallest absolute Gasteiger partial charge is 0.0764 e. The lowest BCUT2D eigenvalue weighted by molar-refractivity contribution is -0.0871. The number of ether oxygens (including phenoxy) is 1. The molecule has 0 amide bonds. The fourth-order valence-corrected chi connectivity index (χ4v) is 3.11. The van der Waals surface area contributed by atoms with Crippen LogP contribution in [0.3, 0.4) is 0 Å². The molecule has 0 aromatic carbocycles. The summed E-state index contributed by atoms with van der Waals surface area (Å²) >= 11 is 0. The molecule has 18 heavy (non-hydrogen) atoms. The average Bonchev–Trinajstić information content (AvgIpc) is 2.79. The highest BCUT2D eigenvalue weighted by Gasteiger charge is 2.40. The molecule has 0 atom stereocenters. The molecule has 100 valence electrons. The molecule has 3 heterocycles. The molecule has 1 aromatic heterocycles. The Morgan fingerprint density at radius 2 is 2.28 bits per heavy atom. The molecule has 3 rings (SSSR count). The number of hydrogen-bond donors (Lipinski definition) is 1. The van der Waals surface area contributed by atoms with Crippen molar-refractivity contribution < 1.29 is 4.74 Å². The zero-order chi connectivity index (χ0) is 12.4. The number of aromatic nitrogens is 2. The topological polar surface area (TPSA) is 42.3 Å². The molecule has 1 aromatic rings. The lowest BCUT2D eigenvalue weighted by Crippen LogP contribution is -2.60. The van der Waals surface area contributed by atoms with Gasteiger partial charge in [-0.15, -0.1) is 0 Å². The molecular formula is C13H22N4O. The van der Waals surface area contributed by atoms with Crippen LogP contribution in [0.2, 0.25) is 0 Å². The fraction of sp³-hybridized carbons (Fsp3) is 0.769. The van der Waals surface area contributed by atoms with Gasteiger partial charge in [0, 0.05) is 31.9 Å². The highest BCUT2D eigenvalue weighted by atomic mass is 16.5. The molecule has 0 aliphatic carbocycles. The minimum atomic E-state index is 0.237. The minimum Gasteiger partial charge on any atom is -0.378 e. The van der Waals surface area contributed by atoms with Crippen molar-refractivity contribution in [1.29, 1.82) is 0 Å². The minimum absolute atomic E-state index is 0.237. The van der Waals surface area contributed by atoms with Gasteiger partial charge in [-0.1, -0.05) is 0 Å². The van der Waals surface area contributed by atoms with Gasteiger partial charge in [-0.05, 0) is 32.0 Å². The molecule has 2 aliphatic heterocycles. The Labute approximate surface area is 108 Å². The lowest BCUT2D eigenvalue weighted by Gasteiger charge is -2.49. The van der Waals surface area contributed by atoms with Gasteiger partial charge in [-0.2, -0.15) is 5.10 Å². The largest absolute Gasteiger partial charge is 0.378 e. The Morgan fingerprint density at radius 3 is 3.00 bits per heavy atom. The molecule has 0 unspecified atom stereocenters. The summed E-state index contributed by atoms with van der Waals surface area (Å²) in [5.41, 5.74) is 1.40. The molecule has 0 radical (unpaired) electrons. The highest BCUT2D eigenvalue weighted by molar-refractivity contribution is 5.03. The fourth-order valence-electron chi connectivity index (χ4n) is 3.11. The van der Waals surface area contributed by atoms with Crippen molar-refractivity contribution in [1.82, 2.24) is 20.0 Å². The molecule has 0 bridgehead atoms. The first-order valence-electron chi connectivity index (χ1n) is 6.81. The zero-order valence-corrected chi connectivity index (χ0v) is 11.1. The van der Waals surface area contributed by atoms with Crippen LogP contribution in [0.25, 0.3) is 0 Å². The van der Waals surface area contributed by atoms with Gasteiger partial charge >= 0.3 is 0 Å². The summed E-state index contributed by atoms with van der Waals surface area (Å²) < 4.78 is 7.62. The van der Waals surface area contributed by atoms with Gasteiger partial charge in [-0.25, -0.2) is 0 Å². The number of morpholine rings is 1. The molecule has 5 nitrogen and oxygen atoms in total. The quantitative estimate of drug-likeness (QED) is 0.824. The third-order valence-corrected chi connectivity index (χ3v) is 4.20. The number of aryl methyl sites for hydroxylation is 1. The Bertz CT molecular complexity index is 389. The maximum atomic E-state index is 5.74. The summed E-state index contributed by atoms with van der Waals surface area (Å²) in [6.07, 6.45) is 4.38. The monoisotopic (exact) mass is 250 g/mol. The Morgan fingerprint density at radius 1 is 1.44 bits per heavy atom. The van der Waals surface area contributed by atoms with E-state index in [1.807, 2.05) is 17.9 Å². The second-order valence-electron chi connectivity index (χ2n) is 5.43. The SMILES string of the molecule is Cn1ccc(CN2CCOCC23CCNCC3)n1. The van der Waals surface area contributed by atoms with Gasteiger partial charge in [0.15, 0.2) is 0 Å². The van der Waals surface area contributed by atoms with Crippen molar-refractivity contribution in [2.24, 2.45) is 7.05 Å². The number of piperidine rings is 1. The number of nitrogens with one attached hydrogen (secondary N) is 1. The average molecular weight is 250 g/mol. The van der Waals surface area contributed by atoms with Gasteiger partial charge in [0.1, 0.15) is 0 Å². The van der Waals surface area contributed by atoms with Gasteiger partial charge in [-0.3, -0.25) is 9.58 Å². The van der Waals surface area contributed by atoms with Crippen LogP contribution >= 0.6 is 0 Å². The van der Waals surface area contributed by atoms with E-state index in [0.717, 1.165) is 45.1 Å². The maximum absolute atomic E-state index is 5.74. The maximum Gasteiger partial charge on any atom is 0.0764 e. The van der Waals surface area contributed by atoms with Crippen molar-refractivity contribution >= 4 is 0 Å². The summed E-state index contributed by atoms with van der Waals surface area (Å²) in [6.45, 7) is 5.90. The molecule has 5 heteroatoms. The predicted molar refractivity (Wildman–Crippen MR) is 69.3 cm³/mol. The number of rotatable bonds is 2. The summed E-state index contributed by atoms with van der Waals surface area (Å²) in [5, 5.41) is 7.94. The molecule has 1 N–H and O–H groups in total. The normalized spacial score (nSPS) is 24.5. The first-order chi connectivity index (χ1) is 8.78. The van der Waals surface area contributed by atoms with Crippen molar-refractivity contribution in [3.05, 3.63) is 18.0 Å². The lowest BCUT2D eigenvalue weighted by atomic mass is 9.86. The van der Waals surface area contributed by atoms with Crippen LogP contribution in [0.1, 0.15) is 18.5 Å². The molecule has 1 spiro atoms. The van der Waals surface area contributed by atoms with E-state index >= 15 is 0 Å². The Kier molecular flexibility index (Phi) is 3.37. The standard InChI is InChI=1S/C13H22N4O/c1-16-7-2-12(15-16)10-17-8-9-18-11-13(17)3-5-14-6-4-13/h2,7,14H,3-6,8-11H2,1H3. The van der Waals surface area contributed by atoms with Crippen LogP contribution in [-0.2, 0) is 18.3 Å². The van der Waals surface area contributed by atoms with E-state index in [4.69, 9.17) is 4.74 Å². The molecule has 2 aliphatic rings. The van der Waals surface area contributed by atoms with E-state index in [0.29, 0.717) is 0 Å². The molecule has 2 saturated heterocycles. The van der Waals surface area contributed by atoms with Crippen LogP contribution in [0, 0.1) is 0 Å².